The molecule has 4 heterocycles. The second-order valence-electron chi connectivity index (χ2n) is 12.5. The topological polar surface area (TPSA) is 158 Å². The summed E-state index contributed by atoms with van der Waals surface area (Å²) < 4.78 is 70.0. The molecule has 48 heavy (non-hydrogen) atoms. The summed E-state index contributed by atoms with van der Waals surface area (Å²) in [4.78, 5) is 44.2. The SMILES string of the molecule is Cn1c(-c2cn(C3CC3(F)F)nc2C(F)(F)F)cnc1C(=O)Nc1ccc(C(=O)NC2[C@H]3CN(C(=O)NC4CNCC4O)C[C@@H]23)c(Cl)c1. The zero-order chi connectivity index (χ0) is 34.3. The van der Waals surface area contributed by atoms with Gasteiger partial charge in [-0.1, -0.05) is 11.6 Å². The number of hydrogen-bond acceptors (Lipinski definition) is 7. The number of benzene rings is 1. The fraction of sp³-hybridized carbons (Fsp3) is 0.483. The van der Waals surface area contributed by atoms with E-state index in [1.165, 1.54) is 25.2 Å². The van der Waals surface area contributed by atoms with Gasteiger partial charge in [0, 0.05) is 69.4 Å². The number of hydrogen-bond donors (Lipinski definition) is 5. The number of carbonyl (C=O) groups is 3. The van der Waals surface area contributed by atoms with Crippen molar-refractivity contribution in [2.45, 2.75) is 42.7 Å². The molecule has 2 saturated heterocycles. The number of likely N-dealkylation sites (tertiary alicyclic amines) is 1. The van der Waals surface area contributed by atoms with Crippen molar-refractivity contribution in [2.75, 3.05) is 31.5 Å². The van der Waals surface area contributed by atoms with Crippen LogP contribution in [0, 0.1) is 11.8 Å². The molecule has 3 aromatic rings. The average molecular weight is 698 g/mol. The van der Waals surface area contributed by atoms with Crippen LogP contribution in [-0.4, -0.2) is 97.5 Å². The largest absolute Gasteiger partial charge is 0.435 e. The molecular weight excluding hydrogens is 669 g/mol. The Bertz CT molecular complexity index is 1800. The van der Waals surface area contributed by atoms with E-state index in [2.05, 4.69) is 31.3 Å². The first-order valence-electron chi connectivity index (χ1n) is 15.0. The summed E-state index contributed by atoms with van der Waals surface area (Å²) in [5, 5.41) is 24.6. The number of carbonyl (C=O) groups excluding carboxylic acids is 3. The standard InChI is InChI=1S/C29H29ClF5N9O4/c1-42-19(16-11-44(21-5-28(21,31)32)41-23(16)29(33,34)35)7-37-24(42)26(47)38-12-2-3-13(17(30)4-12)25(46)40-22-14-9-43(10-15(14)22)27(48)39-18-6-36-8-20(18)45/h2-4,7,11,14-15,18,20-22,36,45H,5-6,8-10H2,1H3,(H,38,47)(H,39,48)(H,40,46)/t14-,15+,18?,20?,21?,22?. The number of amides is 4. The van der Waals surface area contributed by atoms with E-state index in [0.29, 0.717) is 30.9 Å². The molecule has 4 unspecified atom stereocenters. The van der Waals surface area contributed by atoms with Gasteiger partial charge >= 0.3 is 12.2 Å². The molecule has 1 aromatic carbocycles. The Labute approximate surface area is 273 Å². The Morgan fingerprint density at radius 2 is 1.81 bits per heavy atom. The van der Waals surface area contributed by atoms with Gasteiger partial charge in [-0.2, -0.15) is 18.3 Å². The number of β-amino-alcohol motifs (C(OH)–C–C–N with tert-alkyl or cyclic N) is 1. The molecule has 5 N–H and O–H groups in total. The molecule has 4 fully saturated rings. The number of alkyl halides is 5. The maximum Gasteiger partial charge on any atom is 0.435 e. The third kappa shape index (κ3) is 5.85. The van der Waals surface area contributed by atoms with Crippen LogP contribution in [0.5, 0.6) is 0 Å². The van der Waals surface area contributed by atoms with Crippen LogP contribution in [0.4, 0.5) is 32.4 Å². The molecule has 0 spiro atoms. The van der Waals surface area contributed by atoms with Crippen LogP contribution in [0.3, 0.4) is 0 Å². The number of fused-ring (bicyclic) bond motifs is 1. The van der Waals surface area contributed by atoms with Crippen molar-refractivity contribution < 1.29 is 41.4 Å². The Balaban J connectivity index is 0.967. The van der Waals surface area contributed by atoms with E-state index in [1.54, 1.807) is 4.90 Å². The third-order valence-corrected chi connectivity index (χ3v) is 9.63. The Hall–Kier alpha value is -4.29. The number of aromatic nitrogens is 4. The monoisotopic (exact) mass is 697 g/mol. The number of nitrogens with one attached hydrogen (secondary N) is 4. The molecule has 6 atom stereocenters. The molecule has 2 aromatic heterocycles. The second kappa shape index (κ2) is 11.4. The van der Waals surface area contributed by atoms with E-state index in [-0.39, 0.29) is 57.7 Å². The number of aliphatic hydroxyl groups is 1. The van der Waals surface area contributed by atoms with Crippen molar-refractivity contribution in [3.05, 3.63) is 52.7 Å². The highest BCUT2D eigenvalue weighted by atomic mass is 35.5. The predicted molar refractivity (Wildman–Crippen MR) is 158 cm³/mol. The first-order valence-corrected chi connectivity index (χ1v) is 15.4. The summed E-state index contributed by atoms with van der Waals surface area (Å²) >= 11 is 6.38. The number of imidazole rings is 1. The molecule has 0 bridgehead atoms. The van der Waals surface area contributed by atoms with Crippen LogP contribution in [-0.2, 0) is 13.2 Å². The van der Waals surface area contributed by atoms with Crippen LogP contribution in [0.25, 0.3) is 11.3 Å². The molecule has 2 aliphatic heterocycles. The predicted octanol–water partition coefficient (Wildman–Crippen LogP) is 2.49. The van der Waals surface area contributed by atoms with E-state index < -0.39 is 53.7 Å². The van der Waals surface area contributed by atoms with Crippen LogP contribution in [0.1, 0.15) is 39.1 Å². The molecule has 2 saturated carbocycles. The molecule has 13 nitrogen and oxygen atoms in total. The summed E-state index contributed by atoms with van der Waals surface area (Å²) in [6, 6.07) is 1.94. The highest BCUT2D eigenvalue weighted by Crippen LogP contribution is 2.53. The number of nitrogens with zero attached hydrogens (tertiary/aromatic N) is 5. The highest BCUT2D eigenvalue weighted by molar-refractivity contribution is 6.34. The van der Waals surface area contributed by atoms with Gasteiger partial charge in [0.25, 0.3) is 17.7 Å². The normalized spacial score (nSPS) is 27.0. The fourth-order valence-electron chi connectivity index (χ4n) is 6.47. The lowest BCUT2D eigenvalue weighted by Crippen LogP contribution is -2.49. The first-order chi connectivity index (χ1) is 22.6. The van der Waals surface area contributed by atoms with Crippen LogP contribution >= 0.6 is 11.6 Å². The van der Waals surface area contributed by atoms with E-state index in [0.717, 1.165) is 17.0 Å². The molecular formula is C29H29ClF5N9O4. The van der Waals surface area contributed by atoms with E-state index >= 15 is 0 Å². The lowest BCUT2D eigenvalue weighted by Gasteiger charge is -2.24. The summed E-state index contributed by atoms with van der Waals surface area (Å²) in [5.41, 5.74) is -1.72. The number of aliphatic hydroxyl groups excluding tert-OH is 1. The van der Waals surface area contributed by atoms with Crippen molar-refractivity contribution in [3.63, 3.8) is 0 Å². The van der Waals surface area contributed by atoms with Crippen molar-refractivity contribution in [2.24, 2.45) is 18.9 Å². The smallest absolute Gasteiger partial charge is 0.390 e. The number of piperidine rings is 1. The number of anilines is 1. The molecule has 2 aliphatic carbocycles. The van der Waals surface area contributed by atoms with Gasteiger partial charge in [0.15, 0.2) is 11.5 Å². The van der Waals surface area contributed by atoms with Crippen LogP contribution in [0.15, 0.2) is 30.6 Å². The van der Waals surface area contributed by atoms with Crippen LogP contribution in [0.2, 0.25) is 5.02 Å². The van der Waals surface area contributed by atoms with Gasteiger partial charge < -0.3 is 35.8 Å². The minimum Gasteiger partial charge on any atom is -0.390 e. The Morgan fingerprint density at radius 3 is 2.42 bits per heavy atom. The van der Waals surface area contributed by atoms with Gasteiger partial charge in [-0.25, -0.2) is 18.6 Å². The maximum atomic E-state index is 13.7. The van der Waals surface area contributed by atoms with Gasteiger partial charge in [0.2, 0.25) is 0 Å². The number of rotatable bonds is 7. The van der Waals surface area contributed by atoms with Gasteiger partial charge in [0.1, 0.15) is 6.04 Å². The summed E-state index contributed by atoms with van der Waals surface area (Å²) in [6.45, 7) is 1.83. The first kappa shape index (κ1) is 32.3. The van der Waals surface area contributed by atoms with E-state index in [9.17, 15) is 41.4 Å². The summed E-state index contributed by atoms with van der Waals surface area (Å²) in [6.07, 6.45) is -4.32. The number of halogens is 6. The van der Waals surface area contributed by atoms with Gasteiger partial charge in [-0.05, 0) is 18.2 Å². The summed E-state index contributed by atoms with van der Waals surface area (Å²) in [5.74, 6) is -4.50. The maximum absolute atomic E-state index is 13.7. The number of urea groups is 1. The minimum absolute atomic E-state index is 0.0282. The minimum atomic E-state index is -4.95. The highest BCUT2D eigenvalue weighted by Gasteiger charge is 2.60. The van der Waals surface area contributed by atoms with Gasteiger partial charge in [0.05, 0.1) is 40.2 Å². The summed E-state index contributed by atoms with van der Waals surface area (Å²) in [7, 11) is 1.30. The molecule has 19 heteroatoms. The quantitative estimate of drug-likeness (QED) is 0.238. The van der Waals surface area contributed by atoms with Gasteiger partial charge in [-0.15, -0.1) is 0 Å². The van der Waals surface area contributed by atoms with Crippen molar-refractivity contribution in [1.82, 2.24) is 40.2 Å². The Kier molecular flexibility index (Phi) is 7.67. The zero-order valence-electron chi connectivity index (χ0n) is 25.1. The van der Waals surface area contributed by atoms with Crippen molar-refractivity contribution in [1.29, 1.82) is 0 Å². The molecule has 7 rings (SSSR count). The van der Waals surface area contributed by atoms with Crippen molar-refractivity contribution in [3.8, 4) is 11.3 Å². The fourth-order valence-corrected chi connectivity index (χ4v) is 6.73. The lowest BCUT2D eigenvalue weighted by molar-refractivity contribution is -0.141. The van der Waals surface area contributed by atoms with Crippen molar-refractivity contribution >= 4 is 35.1 Å². The second-order valence-corrected chi connectivity index (χ2v) is 12.9. The average Bonchev–Trinajstić information content (AvgIpc) is 3.46. The molecule has 0 radical (unpaired) electrons. The molecule has 4 amide bonds. The van der Waals surface area contributed by atoms with E-state index in [4.69, 9.17) is 11.6 Å². The lowest BCUT2D eigenvalue weighted by atomic mass is 10.2. The van der Waals surface area contributed by atoms with Gasteiger partial charge in [-0.3, -0.25) is 14.3 Å². The zero-order valence-corrected chi connectivity index (χ0v) is 25.8. The van der Waals surface area contributed by atoms with E-state index in [1.807, 2.05) is 0 Å². The third-order valence-electron chi connectivity index (χ3n) is 9.32. The molecule has 4 aliphatic rings. The molecule has 256 valence electrons. The Morgan fingerprint density at radius 1 is 1.10 bits per heavy atom. The van der Waals surface area contributed by atoms with Crippen LogP contribution < -0.4 is 21.3 Å².